The Bertz CT molecular complexity index is 337. The van der Waals surface area contributed by atoms with Crippen molar-refractivity contribution in [2.24, 2.45) is 0 Å². The third-order valence-corrected chi connectivity index (χ3v) is 2.38. The molecule has 15 heavy (non-hydrogen) atoms. The molecule has 1 aliphatic rings. The van der Waals surface area contributed by atoms with Gasteiger partial charge in [0.15, 0.2) is 0 Å². The largest absolute Gasteiger partial charge is 0.508 e. The Morgan fingerprint density at radius 1 is 1.40 bits per heavy atom. The van der Waals surface area contributed by atoms with Crippen molar-refractivity contribution in [3.8, 4) is 5.75 Å². The topological polar surface area (TPSA) is 58.6 Å². The minimum absolute atomic E-state index is 0.0345. The molecule has 0 spiro atoms. The van der Waals surface area contributed by atoms with E-state index in [2.05, 4.69) is 5.32 Å². The average molecular weight is 207 g/mol. The standard InChI is InChI=1S/C11H13NO3/c13-9-3-1-8(2-4-9)5-10-6-12-11(14)7-15-10/h1-4,10,13H,5-7H2,(H,12,14). The maximum atomic E-state index is 10.8. The molecule has 0 radical (unpaired) electrons. The Balaban J connectivity index is 1.91. The van der Waals surface area contributed by atoms with Gasteiger partial charge in [-0.3, -0.25) is 4.79 Å². The summed E-state index contributed by atoms with van der Waals surface area (Å²) in [7, 11) is 0. The van der Waals surface area contributed by atoms with Crippen LogP contribution in [0.1, 0.15) is 5.56 Å². The van der Waals surface area contributed by atoms with Crippen LogP contribution in [-0.4, -0.2) is 30.3 Å². The van der Waals surface area contributed by atoms with Gasteiger partial charge >= 0.3 is 0 Å². The van der Waals surface area contributed by atoms with E-state index in [1.54, 1.807) is 12.1 Å². The number of hydrogen-bond donors (Lipinski definition) is 2. The van der Waals surface area contributed by atoms with Crippen molar-refractivity contribution < 1.29 is 14.6 Å². The number of carbonyl (C=O) groups is 1. The number of rotatable bonds is 2. The quantitative estimate of drug-likeness (QED) is 0.740. The zero-order valence-corrected chi connectivity index (χ0v) is 8.27. The number of benzene rings is 1. The molecule has 0 aromatic heterocycles. The van der Waals surface area contributed by atoms with Gasteiger partial charge in [-0.05, 0) is 17.7 Å². The van der Waals surface area contributed by atoms with Crippen LogP contribution >= 0.6 is 0 Å². The van der Waals surface area contributed by atoms with Crippen LogP contribution in [0.4, 0.5) is 0 Å². The number of nitrogens with one attached hydrogen (secondary N) is 1. The molecular weight excluding hydrogens is 194 g/mol. The van der Waals surface area contributed by atoms with Crippen molar-refractivity contribution in [1.29, 1.82) is 0 Å². The number of ether oxygens (including phenoxy) is 1. The van der Waals surface area contributed by atoms with E-state index in [0.717, 1.165) is 12.0 Å². The minimum Gasteiger partial charge on any atom is -0.508 e. The van der Waals surface area contributed by atoms with E-state index in [0.29, 0.717) is 6.54 Å². The maximum Gasteiger partial charge on any atom is 0.246 e. The van der Waals surface area contributed by atoms with E-state index in [1.807, 2.05) is 12.1 Å². The summed E-state index contributed by atoms with van der Waals surface area (Å²) >= 11 is 0. The first-order valence-electron chi connectivity index (χ1n) is 4.90. The zero-order chi connectivity index (χ0) is 10.7. The fourth-order valence-corrected chi connectivity index (χ4v) is 1.56. The molecule has 1 saturated heterocycles. The Labute approximate surface area is 87.9 Å². The molecule has 4 heteroatoms. The number of hydrogen-bond acceptors (Lipinski definition) is 3. The highest BCUT2D eigenvalue weighted by atomic mass is 16.5. The van der Waals surface area contributed by atoms with Crippen molar-refractivity contribution in [2.75, 3.05) is 13.2 Å². The third kappa shape index (κ3) is 2.70. The lowest BCUT2D eigenvalue weighted by Gasteiger charge is -2.23. The molecule has 0 saturated carbocycles. The van der Waals surface area contributed by atoms with Gasteiger partial charge in [0.25, 0.3) is 0 Å². The maximum absolute atomic E-state index is 10.8. The SMILES string of the molecule is O=C1COC(Cc2ccc(O)cc2)CN1. The summed E-state index contributed by atoms with van der Waals surface area (Å²) in [6, 6.07) is 7.01. The van der Waals surface area contributed by atoms with Crippen LogP contribution in [0.5, 0.6) is 5.75 Å². The fourth-order valence-electron chi connectivity index (χ4n) is 1.56. The molecule has 4 nitrogen and oxygen atoms in total. The molecule has 2 N–H and O–H groups in total. The molecule has 1 atom stereocenters. The van der Waals surface area contributed by atoms with Crippen LogP contribution in [0.25, 0.3) is 0 Å². The summed E-state index contributed by atoms with van der Waals surface area (Å²) in [5.74, 6) is 0.202. The first-order chi connectivity index (χ1) is 7.24. The monoisotopic (exact) mass is 207 g/mol. The molecule has 1 fully saturated rings. The molecule has 1 heterocycles. The van der Waals surface area contributed by atoms with E-state index < -0.39 is 0 Å². The lowest BCUT2D eigenvalue weighted by molar-refractivity contribution is -0.133. The number of amides is 1. The summed E-state index contributed by atoms with van der Waals surface area (Å²) in [6.45, 7) is 0.697. The predicted octanol–water partition coefficient (Wildman–Crippen LogP) is 0.450. The number of aromatic hydroxyl groups is 1. The van der Waals surface area contributed by atoms with Gasteiger partial charge in [-0.2, -0.15) is 0 Å². The lowest BCUT2D eigenvalue weighted by Crippen LogP contribution is -2.43. The Kier molecular flexibility index (Phi) is 2.87. The molecule has 2 rings (SSSR count). The molecule has 1 aromatic carbocycles. The first kappa shape index (κ1) is 9.98. The van der Waals surface area contributed by atoms with Gasteiger partial charge in [-0.1, -0.05) is 12.1 Å². The van der Waals surface area contributed by atoms with Crippen molar-refractivity contribution in [3.63, 3.8) is 0 Å². The van der Waals surface area contributed by atoms with Gasteiger partial charge < -0.3 is 15.2 Å². The summed E-state index contributed by atoms with van der Waals surface area (Å²) in [5, 5.41) is 11.9. The van der Waals surface area contributed by atoms with Gasteiger partial charge in [0.2, 0.25) is 5.91 Å². The van der Waals surface area contributed by atoms with Gasteiger partial charge in [0, 0.05) is 13.0 Å². The summed E-state index contributed by atoms with van der Waals surface area (Å²) in [4.78, 5) is 10.8. The lowest BCUT2D eigenvalue weighted by atomic mass is 10.1. The van der Waals surface area contributed by atoms with Crippen LogP contribution in [-0.2, 0) is 16.0 Å². The Morgan fingerprint density at radius 2 is 2.13 bits per heavy atom. The van der Waals surface area contributed by atoms with Crippen molar-refractivity contribution in [3.05, 3.63) is 29.8 Å². The van der Waals surface area contributed by atoms with Crippen LogP contribution in [0, 0.1) is 0 Å². The zero-order valence-electron chi connectivity index (χ0n) is 8.27. The Morgan fingerprint density at radius 3 is 2.73 bits per heavy atom. The van der Waals surface area contributed by atoms with Gasteiger partial charge in [0.1, 0.15) is 12.4 Å². The molecule has 80 valence electrons. The van der Waals surface area contributed by atoms with Gasteiger partial charge in [-0.25, -0.2) is 0 Å². The van der Waals surface area contributed by atoms with Crippen LogP contribution in [0.2, 0.25) is 0 Å². The number of phenols is 1. The molecule has 0 aliphatic carbocycles. The van der Waals surface area contributed by atoms with Crippen molar-refractivity contribution >= 4 is 5.91 Å². The summed E-state index contributed by atoms with van der Waals surface area (Å²) < 4.78 is 5.35. The van der Waals surface area contributed by atoms with E-state index in [9.17, 15) is 4.79 Å². The molecular formula is C11H13NO3. The third-order valence-electron chi connectivity index (χ3n) is 2.38. The van der Waals surface area contributed by atoms with Gasteiger partial charge in [-0.15, -0.1) is 0 Å². The number of carbonyl (C=O) groups excluding carboxylic acids is 1. The average Bonchev–Trinajstić information content (AvgIpc) is 2.25. The molecule has 1 amide bonds. The van der Waals surface area contributed by atoms with Crippen molar-refractivity contribution in [1.82, 2.24) is 5.32 Å². The van der Waals surface area contributed by atoms with E-state index in [1.165, 1.54) is 0 Å². The second-order valence-electron chi connectivity index (χ2n) is 3.61. The Hall–Kier alpha value is -1.55. The van der Waals surface area contributed by atoms with E-state index >= 15 is 0 Å². The summed E-state index contributed by atoms with van der Waals surface area (Å²) in [5.41, 5.74) is 1.09. The smallest absolute Gasteiger partial charge is 0.246 e. The predicted molar refractivity (Wildman–Crippen MR) is 54.6 cm³/mol. The van der Waals surface area contributed by atoms with Crippen LogP contribution < -0.4 is 5.32 Å². The normalized spacial score (nSPS) is 21.1. The molecule has 1 aromatic rings. The highest BCUT2D eigenvalue weighted by Gasteiger charge is 2.18. The summed E-state index contributed by atoms with van der Waals surface area (Å²) in [6.07, 6.45) is 0.785. The fraction of sp³-hybridized carbons (Fsp3) is 0.364. The van der Waals surface area contributed by atoms with E-state index in [4.69, 9.17) is 9.84 Å². The number of morpholine rings is 1. The van der Waals surface area contributed by atoms with Gasteiger partial charge in [0.05, 0.1) is 6.10 Å². The molecule has 1 aliphatic heterocycles. The second kappa shape index (κ2) is 4.31. The van der Waals surface area contributed by atoms with Crippen molar-refractivity contribution in [2.45, 2.75) is 12.5 Å². The van der Waals surface area contributed by atoms with Crippen LogP contribution in [0.15, 0.2) is 24.3 Å². The highest BCUT2D eigenvalue weighted by molar-refractivity contribution is 5.77. The number of phenolic OH excluding ortho intramolecular Hbond substituents is 1. The first-order valence-corrected chi connectivity index (χ1v) is 4.90. The molecule has 0 bridgehead atoms. The minimum atomic E-state index is -0.0584. The van der Waals surface area contributed by atoms with Crippen LogP contribution in [0.3, 0.4) is 0 Å². The van der Waals surface area contributed by atoms with E-state index in [-0.39, 0.29) is 24.4 Å². The molecule has 1 unspecified atom stereocenters. The highest BCUT2D eigenvalue weighted by Crippen LogP contribution is 2.12. The second-order valence-corrected chi connectivity index (χ2v) is 3.61.